The molecule has 0 spiro atoms. The van der Waals surface area contributed by atoms with E-state index in [1.807, 2.05) is 42.5 Å². The van der Waals surface area contributed by atoms with E-state index in [2.05, 4.69) is 70.5 Å². The summed E-state index contributed by atoms with van der Waals surface area (Å²) in [6.45, 7) is 2.24. The van der Waals surface area contributed by atoms with Crippen LogP contribution in [0.4, 0.5) is 5.69 Å². The molecule has 1 atom stereocenters. The van der Waals surface area contributed by atoms with Gasteiger partial charge in [0.1, 0.15) is 12.4 Å². The number of para-hydroxylation sites is 1. The van der Waals surface area contributed by atoms with Gasteiger partial charge in [-0.3, -0.25) is 4.31 Å². The molecule has 0 aliphatic carbocycles. The Bertz CT molecular complexity index is 1990. The molecule has 6 aromatic rings. The highest BCUT2D eigenvalue weighted by Gasteiger charge is 2.19. The van der Waals surface area contributed by atoms with E-state index in [9.17, 15) is 13.5 Å². The van der Waals surface area contributed by atoms with Gasteiger partial charge in [0.2, 0.25) is 10.0 Å². The van der Waals surface area contributed by atoms with Crippen molar-refractivity contribution in [3.05, 3.63) is 144 Å². The monoisotopic (exact) mass is 619 g/mol. The van der Waals surface area contributed by atoms with Gasteiger partial charge in [-0.2, -0.15) is 0 Å². The molecule has 0 radical (unpaired) electrons. The third kappa shape index (κ3) is 7.20. The van der Waals surface area contributed by atoms with E-state index in [-0.39, 0.29) is 6.54 Å². The van der Waals surface area contributed by atoms with Gasteiger partial charge in [-0.1, -0.05) is 91.0 Å². The number of hydrogen-bond donors (Lipinski definition) is 2. The highest BCUT2D eigenvalue weighted by atomic mass is 32.2. The Hall–Kier alpha value is -4.63. The average Bonchev–Trinajstić information content (AvgIpc) is 3.36. The number of anilines is 1. The molecule has 230 valence electrons. The van der Waals surface area contributed by atoms with E-state index >= 15 is 0 Å². The Morgan fingerprint density at radius 2 is 1.47 bits per heavy atom. The number of sulfonamides is 1. The first-order chi connectivity index (χ1) is 21.9. The number of nitrogens with zero attached hydrogens (tertiary/aromatic N) is 2. The molecule has 7 nitrogen and oxygen atoms in total. The zero-order chi connectivity index (χ0) is 31.2. The predicted octanol–water partition coefficient (Wildman–Crippen LogP) is 6.51. The lowest BCUT2D eigenvalue weighted by atomic mass is 10.1. The number of ether oxygens (including phenoxy) is 1. The van der Waals surface area contributed by atoms with Crippen LogP contribution in [0.2, 0.25) is 0 Å². The highest BCUT2D eigenvalue weighted by molar-refractivity contribution is 7.92. The maximum atomic E-state index is 12.6. The Labute approximate surface area is 264 Å². The summed E-state index contributed by atoms with van der Waals surface area (Å²) in [7, 11) is -3.53. The van der Waals surface area contributed by atoms with Crippen molar-refractivity contribution in [2.45, 2.75) is 19.2 Å². The normalized spacial score (nSPS) is 12.4. The Kier molecular flexibility index (Phi) is 9.16. The Balaban J connectivity index is 1.08. The van der Waals surface area contributed by atoms with E-state index in [1.54, 1.807) is 24.3 Å². The molecule has 0 aliphatic rings. The van der Waals surface area contributed by atoms with Gasteiger partial charge in [-0.15, -0.1) is 0 Å². The Morgan fingerprint density at radius 3 is 2.22 bits per heavy atom. The van der Waals surface area contributed by atoms with Gasteiger partial charge in [0.05, 0.1) is 30.1 Å². The van der Waals surface area contributed by atoms with Crippen LogP contribution >= 0.6 is 0 Å². The summed E-state index contributed by atoms with van der Waals surface area (Å²) >= 11 is 0. The molecule has 8 heteroatoms. The number of aliphatic hydroxyl groups is 1. The molecule has 0 fully saturated rings. The quantitative estimate of drug-likeness (QED) is 0.144. The minimum atomic E-state index is -3.53. The van der Waals surface area contributed by atoms with Crippen LogP contribution in [-0.4, -0.2) is 44.0 Å². The first-order valence-electron chi connectivity index (χ1n) is 15.0. The zero-order valence-corrected chi connectivity index (χ0v) is 26.0. The van der Waals surface area contributed by atoms with Crippen LogP contribution < -0.4 is 14.4 Å². The Morgan fingerprint density at radius 1 is 0.778 bits per heavy atom. The maximum absolute atomic E-state index is 12.6. The highest BCUT2D eigenvalue weighted by Crippen LogP contribution is 2.32. The molecule has 0 unspecified atom stereocenters. The van der Waals surface area contributed by atoms with E-state index in [1.165, 1.54) is 32.4 Å². The lowest BCUT2D eigenvalue weighted by molar-refractivity contribution is 0.172. The molecular formula is C37H37N3O4S. The first kappa shape index (κ1) is 30.4. The second kappa shape index (κ2) is 13.6. The average molecular weight is 620 g/mol. The van der Waals surface area contributed by atoms with Crippen LogP contribution in [0.5, 0.6) is 5.75 Å². The van der Waals surface area contributed by atoms with Crippen molar-refractivity contribution < 1.29 is 18.3 Å². The summed E-state index contributed by atoms with van der Waals surface area (Å²) in [5, 5.41) is 16.6. The molecule has 0 aliphatic heterocycles. The SMILES string of the molecule is CS(=O)(=O)N(Cc1ccccc1)c1cccc([C@@H](O)CNCCOc2ccc3c4ccccc4n(Cc4ccccc4)c3c2)c1. The summed E-state index contributed by atoms with van der Waals surface area (Å²) in [6.07, 6.45) is 0.384. The molecule has 5 aromatic carbocycles. The fourth-order valence-corrected chi connectivity index (χ4v) is 6.57. The fourth-order valence-electron chi connectivity index (χ4n) is 5.69. The van der Waals surface area contributed by atoms with Crippen molar-refractivity contribution in [2.24, 2.45) is 0 Å². The smallest absolute Gasteiger partial charge is 0.232 e. The number of benzene rings is 5. The maximum Gasteiger partial charge on any atom is 0.232 e. The number of rotatable bonds is 13. The van der Waals surface area contributed by atoms with Crippen LogP contribution in [-0.2, 0) is 23.1 Å². The molecule has 1 aromatic heterocycles. The van der Waals surface area contributed by atoms with Crippen molar-refractivity contribution >= 4 is 37.5 Å². The van der Waals surface area contributed by atoms with Crippen LogP contribution in [0.1, 0.15) is 22.8 Å². The summed E-state index contributed by atoms with van der Waals surface area (Å²) in [5.41, 5.74) is 5.58. The van der Waals surface area contributed by atoms with Crippen LogP contribution in [0.15, 0.2) is 127 Å². The van der Waals surface area contributed by atoms with Gasteiger partial charge >= 0.3 is 0 Å². The molecule has 45 heavy (non-hydrogen) atoms. The van der Waals surface area contributed by atoms with Gasteiger partial charge in [0.25, 0.3) is 0 Å². The molecule has 0 saturated carbocycles. The summed E-state index contributed by atoms with van der Waals surface area (Å²) in [5.74, 6) is 0.786. The topological polar surface area (TPSA) is 83.8 Å². The summed E-state index contributed by atoms with van der Waals surface area (Å²) in [4.78, 5) is 0. The van der Waals surface area contributed by atoms with E-state index in [0.29, 0.717) is 30.9 Å². The van der Waals surface area contributed by atoms with Gasteiger partial charge in [0, 0.05) is 42.0 Å². The van der Waals surface area contributed by atoms with E-state index < -0.39 is 16.1 Å². The molecular weight excluding hydrogens is 582 g/mol. The predicted molar refractivity (Wildman–Crippen MR) is 182 cm³/mol. The van der Waals surface area contributed by atoms with Crippen molar-refractivity contribution in [3.8, 4) is 5.75 Å². The van der Waals surface area contributed by atoms with Gasteiger partial charge in [-0.05, 0) is 47.0 Å². The fraction of sp³-hybridized carbons (Fsp3) is 0.189. The minimum Gasteiger partial charge on any atom is -0.492 e. The van der Waals surface area contributed by atoms with Crippen molar-refractivity contribution in [2.75, 3.05) is 30.3 Å². The van der Waals surface area contributed by atoms with Gasteiger partial charge in [-0.25, -0.2) is 8.42 Å². The molecule has 0 amide bonds. The first-order valence-corrected chi connectivity index (χ1v) is 16.9. The van der Waals surface area contributed by atoms with E-state index in [4.69, 9.17) is 4.74 Å². The van der Waals surface area contributed by atoms with Crippen LogP contribution in [0, 0.1) is 0 Å². The largest absolute Gasteiger partial charge is 0.492 e. The lowest BCUT2D eigenvalue weighted by Gasteiger charge is -2.24. The van der Waals surface area contributed by atoms with Crippen LogP contribution in [0.3, 0.4) is 0 Å². The summed E-state index contributed by atoms with van der Waals surface area (Å²) < 4.78 is 35.1. The molecule has 0 saturated heterocycles. The van der Waals surface area contributed by atoms with E-state index in [0.717, 1.165) is 23.4 Å². The molecule has 0 bridgehead atoms. The number of aromatic nitrogens is 1. The van der Waals surface area contributed by atoms with Gasteiger partial charge < -0.3 is 19.7 Å². The van der Waals surface area contributed by atoms with Crippen LogP contribution in [0.25, 0.3) is 21.8 Å². The third-order valence-electron chi connectivity index (χ3n) is 7.93. The number of aliphatic hydroxyl groups excluding tert-OH is 1. The second-order valence-electron chi connectivity index (χ2n) is 11.2. The standard InChI is InChI=1S/C37H37N3O4S/c1-45(42,43)40(27-29-13-6-3-7-14-29)31-16-10-15-30(23-31)37(41)25-38-21-22-44-32-19-20-34-33-17-8-9-18-35(33)39(36(34)24-32)26-28-11-4-2-5-12-28/h2-20,23-24,37-38,41H,21-22,25-27H2,1H3/t37-/m0/s1. The molecule has 2 N–H and O–H groups in total. The van der Waals surface area contributed by atoms with Crippen molar-refractivity contribution in [3.63, 3.8) is 0 Å². The minimum absolute atomic E-state index is 0.216. The van der Waals surface area contributed by atoms with Crippen molar-refractivity contribution in [1.82, 2.24) is 9.88 Å². The number of fused-ring (bicyclic) bond motifs is 3. The lowest BCUT2D eigenvalue weighted by Crippen LogP contribution is -2.29. The molecule has 6 rings (SSSR count). The third-order valence-corrected chi connectivity index (χ3v) is 9.07. The number of hydrogen-bond acceptors (Lipinski definition) is 5. The summed E-state index contributed by atoms with van der Waals surface area (Å²) in [6, 6.07) is 41.6. The van der Waals surface area contributed by atoms with Crippen molar-refractivity contribution in [1.29, 1.82) is 0 Å². The second-order valence-corrected chi connectivity index (χ2v) is 13.1. The zero-order valence-electron chi connectivity index (χ0n) is 25.2. The number of nitrogens with one attached hydrogen (secondary N) is 1. The molecule has 1 heterocycles. The van der Waals surface area contributed by atoms with Gasteiger partial charge in [0.15, 0.2) is 0 Å².